The quantitative estimate of drug-likeness (QED) is 0.656. The van der Waals surface area contributed by atoms with Crippen LogP contribution in [0.2, 0.25) is 0 Å². The summed E-state index contributed by atoms with van der Waals surface area (Å²) in [7, 11) is 0. The first-order valence-electron chi connectivity index (χ1n) is 11.7. The van der Waals surface area contributed by atoms with Crippen LogP contribution in [0.15, 0.2) is 53.8 Å². The van der Waals surface area contributed by atoms with Gasteiger partial charge in [-0.1, -0.05) is 31.2 Å². The molecular weight excluding hydrogens is 431 g/mol. The van der Waals surface area contributed by atoms with Crippen LogP contribution >= 0.6 is 0 Å². The first-order chi connectivity index (χ1) is 15.7. The summed E-state index contributed by atoms with van der Waals surface area (Å²) in [6, 6.07) is 6.15. The molecule has 3 unspecified atom stereocenters. The zero-order chi connectivity index (χ0) is 23.6. The van der Waals surface area contributed by atoms with E-state index in [-0.39, 0.29) is 12.7 Å². The van der Waals surface area contributed by atoms with Gasteiger partial charge in [-0.15, -0.1) is 0 Å². The van der Waals surface area contributed by atoms with Crippen LogP contribution in [0.3, 0.4) is 0 Å². The van der Waals surface area contributed by atoms with Crippen molar-refractivity contribution in [3.8, 4) is 5.75 Å². The number of allylic oxidation sites excluding steroid dienone is 3. The number of rotatable bonds is 6. The summed E-state index contributed by atoms with van der Waals surface area (Å²) in [6.07, 6.45) is 4.38. The molecule has 0 saturated carbocycles. The Bertz CT molecular complexity index is 935. The Hall–Kier alpha value is -2.25. The number of halogens is 3. The summed E-state index contributed by atoms with van der Waals surface area (Å²) in [5.74, 6) is -0.559. The normalized spacial score (nSPS) is 26.7. The molecule has 1 aromatic carbocycles. The van der Waals surface area contributed by atoms with Crippen LogP contribution in [0, 0.1) is 11.8 Å². The number of ether oxygens (including phenoxy) is 2. The molecule has 4 nitrogen and oxygen atoms in total. The highest BCUT2D eigenvalue weighted by atomic mass is 19.4. The minimum Gasteiger partial charge on any atom is -0.491 e. The van der Waals surface area contributed by atoms with Gasteiger partial charge in [0, 0.05) is 31.6 Å². The van der Waals surface area contributed by atoms with Gasteiger partial charge in [0.1, 0.15) is 24.2 Å². The summed E-state index contributed by atoms with van der Waals surface area (Å²) in [6.45, 7) is 6.22. The summed E-state index contributed by atoms with van der Waals surface area (Å²) in [5.41, 5.74) is 3.34. The molecule has 0 amide bonds. The Kier molecular flexibility index (Phi) is 7.19. The number of fused-ring (bicyclic) bond motifs is 1. The largest absolute Gasteiger partial charge is 0.491 e. The molecule has 0 aromatic heterocycles. The molecule has 0 bridgehead atoms. The van der Waals surface area contributed by atoms with Crippen molar-refractivity contribution in [2.45, 2.75) is 51.5 Å². The molecule has 1 aliphatic carbocycles. The van der Waals surface area contributed by atoms with Crippen LogP contribution in [-0.4, -0.2) is 54.6 Å². The van der Waals surface area contributed by atoms with Gasteiger partial charge >= 0.3 is 6.18 Å². The average Bonchev–Trinajstić information content (AvgIpc) is 3.13. The third kappa shape index (κ3) is 6.01. The molecule has 0 radical (unpaired) electrons. The zero-order valence-electron chi connectivity index (χ0n) is 19.1. The van der Waals surface area contributed by atoms with Crippen molar-refractivity contribution in [1.29, 1.82) is 0 Å². The molecule has 1 N–H and O–H groups in total. The predicted molar refractivity (Wildman–Crippen MR) is 121 cm³/mol. The molecule has 0 saturated heterocycles. The van der Waals surface area contributed by atoms with Gasteiger partial charge in [-0.2, -0.15) is 13.2 Å². The van der Waals surface area contributed by atoms with Gasteiger partial charge in [-0.05, 0) is 55.0 Å². The van der Waals surface area contributed by atoms with Gasteiger partial charge in [0.2, 0.25) is 0 Å². The van der Waals surface area contributed by atoms with Crippen LogP contribution in [0.25, 0.3) is 0 Å². The topological polar surface area (TPSA) is 41.9 Å². The van der Waals surface area contributed by atoms with Crippen LogP contribution < -0.4 is 4.74 Å². The van der Waals surface area contributed by atoms with E-state index in [9.17, 15) is 18.3 Å². The third-order valence-electron chi connectivity index (χ3n) is 6.54. The van der Waals surface area contributed by atoms with Crippen LogP contribution in [-0.2, 0) is 17.6 Å². The van der Waals surface area contributed by atoms with Crippen LogP contribution in [0.1, 0.15) is 31.4 Å². The van der Waals surface area contributed by atoms with E-state index >= 15 is 0 Å². The van der Waals surface area contributed by atoms with E-state index < -0.39 is 24.1 Å². The summed E-state index contributed by atoms with van der Waals surface area (Å²) >= 11 is 0. The third-order valence-corrected chi connectivity index (χ3v) is 6.54. The fourth-order valence-electron chi connectivity index (χ4n) is 4.73. The Labute approximate surface area is 193 Å². The van der Waals surface area contributed by atoms with Crippen molar-refractivity contribution in [2.75, 3.05) is 26.2 Å². The molecule has 4 rings (SSSR count). The number of hydrogen-bond acceptors (Lipinski definition) is 4. The molecule has 2 heterocycles. The molecule has 1 aromatic rings. The average molecular weight is 464 g/mol. The number of aliphatic hydroxyl groups excluding tert-OH is 1. The molecule has 0 spiro atoms. The van der Waals surface area contributed by atoms with Crippen molar-refractivity contribution in [2.24, 2.45) is 11.8 Å². The molecule has 2 aliphatic heterocycles. The molecule has 180 valence electrons. The number of benzene rings is 1. The molecule has 3 aliphatic rings. The first kappa shape index (κ1) is 23.9. The smallest absolute Gasteiger partial charge is 0.395 e. The second-order valence-electron chi connectivity index (χ2n) is 9.34. The Morgan fingerprint density at radius 1 is 1.21 bits per heavy atom. The van der Waals surface area contributed by atoms with Crippen LogP contribution in [0.5, 0.6) is 5.75 Å². The second-order valence-corrected chi connectivity index (χ2v) is 9.34. The van der Waals surface area contributed by atoms with Crippen molar-refractivity contribution < 1.29 is 27.8 Å². The highest BCUT2D eigenvalue weighted by Gasteiger charge is 2.42. The Balaban J connectivity index is 1.29. The maximum atomic E-state index is 13.1. The molecular formula is C26H32F3NO3. The summed E-state index contributed by atoms with van der Waals surface area (Å²) < 4.78 is 51.1. The number of aliphatic hydroxyl groups is 1. The fourth-order valence-corrected chi connectivity index (χ4v) is 4.73. The lowest BCUT2D eigenvalue weighted by Crippen LogP contribution is -2.34. The maximum Gasteiger partial charge on any atom is 0.395 e. The van der Waals surface area contributed by atoms with Crippen molar-refractivity contribution >= 4 is 0 Å². The van der Waals surface area contributed by atoms with E-state index in [1.54, 1.807) is 26.0 Å². The number of hydrogen-bond donors (Lipinski definition) is 1. The lowest BCUT2D eigenvalue weighted by atomic mass is 9.86. The molecule has 7 heteroatoms. The number of alkyl halides is 3. The van der Waals surface area contributed by atoms with Gasteiger partial charge in [0.25, 0.3) is 0 Å². The van der Waals surface area contributed by atoms with Crippen molar-refractivity contribution in [3.05, 3.63) is 65.0 Å². The van der Waals surface area contributed by atoms with E-state index in [2.05, 4.69) is 17.0 Å². The summed E-state index contributed by atoms with van der Waals surface area (Å²) in [5, 5.41) is 9.43. The lowest BCUT2D eigenvalue weighted by Gasteiger charge is -2.27. The summed E-state index contributed by atoms with van der Waals surface area (Å²) in [4.78, 5) is 2.39. The van der Waals surface area contributed by atoms with E-state index in [1.807, 2.05) is 12.1 Å². The van der Waals surface area contributed by atoms with Gasteiger partial charge in [-0.25, -0.2) is 0 Å². The first-order valence-corrected chi connectivity index (χ1v) is 11.7. The predicted octanol–water partition coefficient (Wildman–Crippen LogP) is 4.83. The van der Waals surface area contributed by atoms with E-state index in [0.29, 0.717) is 5.76 Å². The lowest BCUT2D eigenvalue weighted by molar-refractivity contribution is -0.169. The Morgan fingerprint density at radius 2 is 1.97 bits per heavy atom. The van der Waals surface area contributed by atoms with Gasteiger partial charge in [0.15, 0.2) is 0 Å². The molecule has 4 atom stereocenters. The van der Waals surface area contributed by atoms with Crippen LogP contribution in [0.4, 0.5) is 13.2 Å². The van der Waals surface area contributed by atoms with Gasteiger partial charge in [0.05, 0.1) is 12.0 Å². The van der Waals surface area contributed by atoms with E-state index in [0.717, 1.165) is 50.2 Å². The molecule has 33 heavy (non-hydrogen) atoms. The SMILES string of the molecule is CC1C=C(C2=CCC(CN3CCc4ccc(OC[C@H](C)O)cc4CC3)O2)C=CC1C(F)(F)F. The van der Waals surface area contributed by atoms with Gasteiger partial charge < -0.3 is 14.6 Å². The Morgan fingerprint density at radius 3 is 2.67 bits per heavy atom. The zero-order valence-corrected chi connectivity index (χ0v) is 19.1. The minimum absolute atomic E-state index is 0.0103. The highest BCUT2D eigenvalue weighted by Crippen LogP contribution is 2.39. The minimum atomic E-state index is -4.22. The van der Waals surface area contributed by atoms with E-state index in [1.165, 1.54) is 17.2 Å². The second kappa shape index (κ2) is 9.94. The standard InChI is InChI=1S/C26H32F3NO3/c1-17-13-21(4-7-24(17)26(27,28)29)25-8-6-23(33-25)15-30-11-9-19-3-5-22(32-16-18(2)31)14-20(19)10-12-30/h3-5,7-8,13-14,17-18,23-24,31H,6,9-12,15-16H2,1-2H3/t17?,18-,23?,24?/m0/s1. The van der Waals surface area contributed by atoms with Gasteiger partial charge in [-0.3, -0.25) is 4.90 Å². The van der Waals surface area contributed by atoms with Crippen molar-refractivity contribution in [1.82, 2.24) is 4.90 Å². The molecule has 0 fully saturated rings. The van der Waals surface area contributed by atoms with Crippen molar-refractivity contribution in [3.63, 3.8) is 0 Å². The monoisotopic (exact) mass is 463 g/mol. The highest BCUT2D eigenvalue weighted by molar-refractivity contribution is 5.41. The number of nitrogens with zero attached hydrogens (tertiary/aromatic N) is 1. The fraction of sp³-hybridized carbons (Fsp3) is 0.538. The maximum absolute atomic E-state index is 13.1. The van der Waals surface area contributed by atoms with E-state index in [4.69, 9.17) is 9.47 Å².